The quantitative estimate of drug-likeness (QED) is 0.741. The summed E-state index contributed by atoms with van der Waals surface area (Å²) in [6.07, 6.45) is 5.76. The molecule has 0 unspecified atom stereocenters. The predicted molar refractivity (Wildman–Crippen MR) is 98.6 cm³/mol. The first-order chi connectivity index (χ1) is 12.7. The van der Waals surface area contributed by atoms with Crippen LogP contribution in [0.25, 0.3) is 11.5 Å². The third kappa shape index (κ3) is 4.49. The number of carbonyl (C=O) groups excluding carboxylic acids is 1. The molecular weight excluding hydrogens is 354 g/mol. The Kier molecular flexibility index (Phi) is 6.38. The average Bonchev–Trinajstić information content (AvgIpc) is 3.15. The van der Waals surface area contributed by atoms with Crippen molar-refractivity contribution < 1.29 is 18.7 Å². The SMILES string of the molecule is COc1cccc(OC)c1-c1nnc(SCC(=O)NC2CCCCC2)o1. The number of rotatable bonds is 7. The highest BCUT2D eigenvalue weighted by atomic mass is 32.2. The van der Waals surface area contributed by atoms with Gasteiger partial charge in [0.1, 0.15) is 17.1 Å². The number of hydrogen-bond donors (Lipinski definition) is 1. The Morgan fingerprint density at radius 2 is 1.88 bits per heavy atom. The van der Waals surface area contributed by atoms with E-state index in [-0.39, 0.29) is 11.7 Å². The zero-order valence-electron chi connectivity index (χ0n) is 15.0. The molecule has 3 rings (SSSR count). The Bertz CT molecular complexity index is 722. The number of nitrogens with zero attached hydrogens (tertiary/aromatic N) is 2. The zero-order chi connectivity index (χ0) is 18.4. The summed E-state index contributed by atoms with van der Waals surface area (Å²) in [6, 6.07) is 5.72. The molecule has 0 spiro atoms. The van der Waals surface area contributed by atoms with Crippen LogP contribution in [0.5, 0.6) is 11.5 Å². The van der Waals surface area contributed by atoms with Crippen molar-refractivity contribution in [2.24, 2.45) is 0 Å². The van der Waals surface area contributed by atoms with Crippen molar-refractivity contribution in [3.05, 3.63) is 18.2 Å². The Hall–Kier alpha value is -2.22. The molecule has 7 nitrogen and oxygen atoms in total. The summed E-state index contributed by atoms with van der Waals surface area (Å²) < 4.78 is 16.4. The second-order valence-electron chi connectivity index (χ2n) is 6.10. The molecule has 0 atom stereocenters. The summed E-state index contributed by atoms with van der Waals surface area (Å²) in [5.74, 6) is 1.71. The number of methoxy groups -OCH3 is 2. The van der Waals surface area contributed by atoms with Crippen LogP contribution in [0, 0.1) is 0 Å². The van der Waals surface area contributed by atoms with E-state index in [1.165, 1.54) is 31.0 Å². The van der Waals surface area contributed by atoms with Crippen LogP contribution in [0.1, 0.15) is 32.1 Å². The Morgan fingerprint density at radius 1 is 1.19 bits per heavy atom. The third-order valence-corrected chi connectivity index (χ3v) is 5.16. The van der Waals surface area contributed by atoms with E-state index in [1.54, 1.807) is 26.4 Å². The van der Waals surface area contributed by atoms with Crippen LogP contribution >= 0.6 is 11.8 Å². The average molecular weight is 377 g/mol. The molecule has 1 aliphatic carbocycles. The maximum Gasteiger partial charge on any atom is 0.277 e. The molecule has 1 amide bonds. The summed E-state index contributed by atoms with van der Waals surface area (Å²) in [4.78, 5) is 12.1. The molecule has 1 aromatic heterocycles. The fraction of sp³-hybridized carbons (Fsp3) is 0.500. The Balaban J connectivity index is 1.62. The van der Waals surface area contributed by atoms with Crippen molar-refractivity contribution >= 4 is 17.7 Å². The van der Waals surface area contributed by atoms with Gasteiger partial charge in [-0.3, -0.25) is 4.79 Å². The van der Waals surface area contributed by atoms with Crippen molar-refractivity contribution in [2.75, 3.05) is 20.0 Å². The third-order valence-electron chi connectivity index (χ3n) is 4.35. The molecule has 1 aliphatic rings. The first-order valence-corrected chi connectivity index (χ1v) is 9.67. The van der Waals surface area contributed by atoms with E-state index in [9.17, 15) is 4.79 Å². The maximum absolute atomic E-state index is 12.1. The zero-order valence-corrected chi connectivity index (χ0v) is 15.8. The van der Waals surface area contributed by atoms with Gasteiger partial charge in [-0.1, -0.05) is 37.1 Å². The van der Waals surface area contributed by atoms with Crippen molar-refractivity contribution in [3.8, 4) is 23.0 Å². The lowest BCUT2D eigenvalue weighted by Gasteiger charge is -2.22. The van der Waals surface area contributed by atoms with E-state index in [0.29, 0.717) is 34.2 Å². The van der Waals surface area contributed by atoms with E-state index >= 15 is 0 Å². The van der Waals surface area contributed by atoms with Crippen molar-refractivity contribution in [1.82, 2.24) is 15.5 Å². The van der Waals surface area contributed by atoms with Crippen LogP contribution in [0.3, 0.4) is 0 Å². The molecular formula is C18H23N3O4S. The van der Waals surface area contributed by atoms with Crippen LogP contribution < -0.4 is 14.8 Å². The largest absolute Gasteiger partial charge is 0.496 e. The molecule has 0 bridgehead atoms. The lowest BCUT2D eigenvalue weighted by atomic mass is 9.95. The van der Waals surface area contributed by atoms with Gasteiger partial charge in [0.15, 0.2) is 0 Å². The van der Waals surface area contributed by atoms with Crippen LogP contribution in [0.15, 0.2) is 27.8 Å². The molecule has 2 aromatic rings. The van der Waals surface area contributed by atoms with Gasteiger partial charge in [0, 0.05) is 6.04 Å². The molecule has 0 radical (unpaired) electrons. The molecule has 140 valence electrons. The summed E-state index contributed by atoms with van der Waals surface area (Å²) in [7, 11) is 3.14. The molecule has 8 heteroatoms. The molecule has 1 N–H and O–H groups in total. The van der Waals surface area contributed by atoms with E-state index in [2.05, 4.69) is 15.5 Å². The second kappa shape index (κ2) is 8.93. The number of carbonyl (C=O) groups is 1. The van der Waals surface area contributed by atoms with Crippen LogP contribution in [-0.4, -0.2) is 42.1 Å². The minimum atomic E-state index is -0.00322. The number of ether oxygens (including phenoxy) is 2. The topological polar surface area (TPSA) is 86.5 Å². The highest BCUT2D eigenvalue weighted by Gasteiger charge is 2.20. The molecule has 1 aromatic carbocycles. The van der Waals surface area contributed by atoms with Crippen LogP contribution in [0.4, 0.5) is 0 Å². The number of benzene rings is 1. The van der Waals surface area contributed by atoms with E-state index < -0.39 is 0 Å². The standard InChI is InChI=1S/C18H23N3O4S/c1-23-13-9-6-10-14(24-2)16(13)17-20-21-18(25-17)26-11-15(22)19-12-7-4-3-5-8-12/h6,9-10,12H,3-5,7-8,11H2,1-2H3,(H,19,22). The minimum Gasteiger partial charge on any atom is -0.496 e. The van der Waals surface area contributed by atoms with Gasteiger partial charge in [-0.2, -0.15) is 0 Å². The van der Waals surface area contributed by atoms with E-state index in [1.807, 2.05) is 6.07 Å². The number of amides is 1. The van der Waals surface area contributed by atoms with Gasteiger partial charge < -0.3 is 19.2 Å². The normalized spacial score (nSPS) is 14.8. The smallest absolute Gasteiger partial charge is 0.277 e. The molecule has 0 saturated heterocycles. The second-order valence-corrected chi connectivity index (χ2v) is 7.03. The van der Waals surface area contributed by atoms with Gasteiger partial charge in [0.2, 0.25) is 5.91 Å². The number of aromatic nitrogens is 2. The molecule has 26 heavy (non-hydrogen) atoms. The Labute approximate surface area is 156 Å². The van der Waals surface area contributed by atoms with E-state index in [0.717, 1.165) is 12.8 Å². The minimum absolute atomic E-state index is 0.00322. The van der Waals surface area contributed by atoms with Gasteiger partial charge in [-0.25, -0.2) is 0 Å². The first kappa shape index (κ1) is 18.6. The van der Waals surface area contributed by atoms with Gasteiger partial charge >= 0.3 is 0 Å². The van der Waals surface area contributed by atoms with E-state index in [4.69, 9.17) is 13.9 Å². The number of nitrogens with one attached hydrogen (secondary N) is 1. The maximum atomic E-state index is 12.1. The molecule has 0 aliphatic heterocycles. The molecule has 1 saturated carbocycles. The highest BCUT2D eigenvalue weighted by molar-refractivity contribution is 7.99. The van der Waals surface area contributed by atoms with Crippen LogP contribution in [-0.2, 0) is 4.79 Å². The summed E-state index contributed by atoms with van der Waals surface area (Å²) in [6.45, 7) is 0. The summed E-state index contributed by atoms with van der Waals surface area (Å²) in [5.41, 5.74) is 0.600. The molecule has 1 fully saturated rings. The number of hydrogen-bond acceptors (Lipinski definition) is 7. The highest BCUT2D eigenvalue weighted by Crippen LogP contribution is 2.38. The van der Waals surface area contributed by atoms with Gasteiger partial charge in [-0.15, -0.1) is 10.2 Å². The summed E-state index contributed by atoms with van der Waals surface area (Å²) in [5, 5.41) is 11.5. The lowest BCUT2D eigenvalue weighted by molar-refractivity contribution is -0.119. The van der Waals surface area contributed by atoms with Gasteiger partial charge in [-0.05, 0) is 25.0 Å². The summed E-state index contributed by atoms with van der Waals surface area (Å²) >= 11 is 1.23. The number of thioether (sulfide) groups is 1. The van der Waals surface area contributed by atoms with Crippen LogP contribution in [0.2, 0.25) is 0 Å². The first-order valence-electron chi connectivity index (χ1n) is 8.68. The van der Waals surface area contributed by atoms with Gasteiger partial charge in [0.25, 0.3) is 11.1 Å². The van der Waals surface area contributed by atoms with Crippen molar-refractivity contribution in [2.45, 2.75) is 43.4 Å². The Morgan fingerprint density at radius 3 is 2.54 bits per heavy atom. The lowest BCUT2D eigenvalue weighted by Crippen LogP contribution is -2.37. The van der Waals surface area contributed by atoms with Crippen molar-refractivity contribution in [1.29, 1.82) is 0 Å². The fourth-order valence-electron chi connectivity index (χ4n) is 3.07. The molecule has 1 heterocycles. The fourth-order valence-corrected chi connectivity index (χ4v) is 3.65. The monoisotopic (exact) mass is 377 g/mol. The van der Waals surface area contributed by atoms with Gasteiger partial charge in [0.05, 0.1) is 20.0 Å². The van der Waals surface area contributed by atoms with Crippen molar-refractivity contribution in [3.63, 3.8) is 0 Å². The predicted octanol–water partition coefficient (Wildman–Crippen LogP) is 3.29.